The Hall–Kier alpha value is -3.73. The van der Waals surface area contributed by atoms with Gasteiger partial charge in [-0.2, -0.15) is 0 Å². The van der Waals surface area contributed by atoms with E-state index in [0.717, 1.165) is 22.3 Å². The molecule has 4 heteroatoms. The van der Waals surface area contributed by atoms with E-state index in [1.54, 1.807) is 7.11 Å². The fraction of sp³-hybridized carbons (Fsp3) is 0.167. The third-order valence-electron chi connectivity index (χ3n) is 5.97. The van der Waals surface area contributed by atoms with Crippen molar-refractivity contribution in [1.82, 2.24) is 10.6 Å². The Morgan fingerprint density at radius 3 is 1.53 bits per heavy atom. The average molecular weight is 451 g/mol. The molecule has 0 bridgehead atoms. The molecule has 34 heavy (non-hydrogen) atoms. The maximum Gasteiger partial charge on any atom is 0.239 e. The van der Waals surface area contributed by atoms with Crippen LogP contribution in [0, 0.1) is 0 Å². The lowest BCUT2D eigenvalue weighted by molar-refractivity contribution is -0.125. The van der Waals surface area contributed by atoms with Gasteiger partial charge in [0, 0.05) is 13.7 Å². The van der Waals surface area contributed by atoms with Crippen LogP contribution in [0.25, 0.3) is 0 Å². The zero-order valence-corrected chi connectivity index (χ0v) is 19.4. The van der Waals surface area contributed by atoms with Crippen LogP contribution in [0.2, 0.25) is 0 Å². The summed E-state index contributed by atoms with van der Waals surface area (Å²) in [7, 11) is 1.62. The Morgan fingerprint density at radius 1 is 0.706 bits per heavy atom. The number of carbonyl (C=O) groups excluding carboxylic acids is 1. The van der Waals surface area contributed by atoms with Gasteiger partial charge < -0.3 is 10.1 Å². The zero-order chi connectivity index (χ0) is 23.6. The maximum atomic E-state index is 13.4. The second kappa shape index (κ2) is 11.4. The van der Waals surface area contributed by atoms with Crippen LogP contribution in [0.4, 0.5) is 0 Å². The van der Waals surface area contributed by atoms with Crippen LogP contribution in [-0.4, -0.2) is 25.7 Å². The number of carbonyl (C=O) groups is 1. The van der Waals surface area contributed by atoms with Gasteiger partial charge in [-0.05, 0) is 22.3 Å². The number of hydrogen-bond donors (Lipinski definition) is 2. The summed E-state index contributed by atoms with van der Waals surface area (Å²) in [5, 5.41) is 6.80. The Kier molecular flexibility index (Phi) is 7.87. The number of rotatable bonds is 10. The minimum Gasteiger partial charge on any atom is -0.383 e. The zero-order valence-electron chi connectivity index (χ0n) is 19.4. The number of hydrogen-bond acceptors (Lipinski definition) is 3. The molecule has 1 amide bonds. The normalized spacial score (nSPS) is 12.1. The monoisotopic (exact) mass is 450 g/mol. The molecular weight excluding hydrogens is 420 g/mol. The molecule has 0 saturated heterocycles. The van der Waals surface area contributed by atoms with Crippen molar-refractivity contribution in [3.05, 3.63) is 144 Å². The van der Waals surface area contributed by atoms with Gasteiger partial charge in [0.25, 0.3) is 0 Å². The van der Waals surface area contributed by atoms with E-state index in [0.29, 0.717) is 6.54 Å². The van der Waals surface area contributed by atoms with E-state index in [1.807, 2.05) is 84.9 Å². The fourth-order valence-electron chi connectivity index (χ4n) is 4.33. The van der Waals surface area contributed by atoms with Crippen LogP contribution < -0.4 is 10.6 Å². The molecule has 0 saturated carbocycles. The van der Waals surface area contributed by atoms with Crippen LogP contribution in [0.15, 0.2) is 121 Å². The Labute approximate surface area is 201 Å². The van der Waals surface area contributed by atoms with Gasteiger partial charge in [0.2, 0.25) is 5.91 Å². The van der Waals surface area contributed by atoms with Crippen molar-refractivity contribution in [2.75, 3.05) is 13.7 Å². The first-order valence-electron chi connectivity index (χ1n) is 11.5. The second-order valence-electron chi connectivity index (χ2n) is 8.20. The van der Waals surface area contributed by atoms with Gasteiger partial charge in [-0.25, -0.2) is 0 Å². The number of ether oxygens (including phenoxy) is 1. The Balaban J connectivity index is 1.76. The van der Waals surface area contributed by atoms with Gasteiger partial charge in [0.1, 0.15) is 6.04 Å². The molecule has 4 nitrogen and oxygen atoms in total. The van der Waals surface area contributed by atoms with Gasteiger partial charge in [-0.15, -0.1) is 0 Å². The molecule has 0 radical (unpaired) electrons. The van der Waals surface area contributed by atoms with Crippen molar-refractivity contribution >= 4 is 5.91 Å². The van der Waals surface area contributed by atoms with E-state index in [4.69, 9.17) is 4.74 Å². The molecule has 172 valence electrons. The number of amides is 1. The minimum absolute atomic E-state index is 0.113. The molecule has 0 spiro atoms. The summed E-state index contributed by atoms with van der Waals surface area (Å²) in [6, 6.07) is 40.1. The Bertz CT molecular complexity index is 1050. The lowest BCUT2D eigenvalue weighted by Gasteiger charge is -2.39. The highest BCUT2D eigenvalue weighted by Gasteiger charge is 2.39. The number of nitrogens with one attached hydrogen (secondary N) is 2. The molecule has 0 aliphatic rings. The summed E-state index contributed by atoms with van der Waals surface area (Å²) in [6.07, 6.45) is 0. The molecule has 4 aromatic rings. The van der Waals surface area contributed by atoms with Gasteiger partial charge in [0.15, 0.2) is 0 Å². The third kappa shape index (κ3) is 5.25. The molecule has 0 heterocycles. The summed E-state index contributed by atoms with van der Waals surface area (Å²) in [5.74, 6) is -0.113. The van der Waals surface area contributed by atoms with E-state index in [1.165, 1.54) is 0 Å². The van der Waals surface area contributed by atoms with Crippen LogP contribution in [0.1, 0.15) is 22.3 Å². The summed E-state index contributed by atoms with van der Waals surface area (Å²) in [5.41, 5.74) is 3.43. The molecule has 2 N–H and O–H groups in total. The van der Waals surface area contributed by atoms with Crippen LogP contribution in [0.3, 0.4) is 0 Å². The van der Waals surface area contributed by atoms with Gasteiger partial charge >= 0.3 is 0 Å². The molecule has 1 atom stereocenters. The minimum atomic E-state index is -0.753. The van der Waals surface area contributed by atoms with E-state index < -0.39 is 11.6 Å². The average Bonchev–Trinajstić information content (AvgIpc) is 2.92. The lowest BCUT2D eigenvalue weighted by atomic mass is 9.76. The van der Waals surface area contributed by atoms with E-state index in [9.17, 15) is 4.79 Å². The van der Waals surface area contributed by atoms with Crippen molar-refractivity contribution < 1.29 is 9.53 Å². The molecule has 4 rings (SSSR count). The predicted molar refractivity (Wildman–Crippen MR) is 136 cm³/mol. The molecule has 0 unspecified atom stereocenters. The predicted octanol–water partition coefficient (Wildman–Crippen LogP) is 4.90. The quantitative estimate of drug-likeness (QED) is 0.338. The van der Waals surface area contributed by atoms with E-state index in [2.05, 4.69) is 47.0 Å². The summed E-state index contributed by atoms with van der Waals surface area (Å²) in [4.78, 5) is 13.4. The SMILES string of the molecule is COC[C@@H](NC(c1ccccc1)(c1ccccc1)c1ccccc1)C(=O)NCc1ccccc1. The first kappa shape index (κ1) is 23.4. The molecule has 0 fully saturated rings. The topological polar surface area (TPSA) is 50.4 Å². The summed E-state index contributed by atoms with van der Waals surface area (Å²) < 4.78 is 5.51. The van der Waals surface area contributed by atoms with Gasteiger partial charge in [0.05, 0.1) is 12.1 Å². The molecule has 4 aromatic carbocycles. The second-order valence-corrected chi connectivity index (χ2v) is 8.20. The molecule has 0 aromatic heterocycles. The van der Waals surface area contributed by atoms with Crippen LogP contribution in [-0.2, 0) is 21.6 Å². The van der Waals surface area contributed by atoms with E-state index >= 15 is 0 Å². The van der Waals surface area contributed by atoms with Crippen molar-refractivity contribution in [2.24, 2.45) is 0 Å². The van der Waals surface area contributed by atoms with Crippen molar-refractivity contribution in [3.63, 3.8) is 0 Å². The highest BCUT2D eigenvalue weighted by atomic mass is 16.5. The first-order chi connectivity index (χ1) is 16.7. The molecule has 0 aliphatic heterocycles. The Morgan fingerprint density at radius 2 is 1.12 bits per heavy atom. The van der Waals surface area contributed by atoms with Crippen molar-refractivity contribution in [2.45, 2.75) is 18.1 Å². The largest absolute Gasteiger partial charge is 0.383 e. The fourth-order valence-corrected chi connectivity index (χ4v) is 4.33. The van der Waals surface area contributed by atoms with E-state index in [-0.39, 0.29) is 12.5 Å². The maximum absolute atomic E-state index is 13.4. The van der Waals surface area contributed by atoms with Crippen molar-refractivity contribution in [3.8, 4) is 0 Å². The number of benzene rings is 4. The van der Waals surface area contributed by atoms with Crippen molar-refractivity contribution in [1.29, 1.82) is 0 Å². The first-order valence-corrected chi connectivity index (χ1v) is 11.5. The van der Waals surface area contributed by atoms with Crippen LogP contribution in [0.5, 0.6) is 0 Å². The third-order valence-corrected chi connectivity index (χ3v) is 5.97. The number of methoxy groups -OCH3 is 1. The van der Waals surface area contributed by atoms with Gasteiger partial charge in [-0.1, -0.05) is 121 Å². The standard InChI is InChI=1S/C30H30N2O2/c1-34-23-28(29(33)31-22-24-14-6-2-7-15-24)32-30(25-16-8-3-9-17-25,26-18-10-4-11-19-26)27-20-12-5-13-21-27/h2-21,28,32H,22-23H2,1H3,(H,31,33)/t28-/m1/s1. The summed E-state index contributed by atoms with van der Waals surface area (Å²) >= 11 is 0. The smallest absolute Gasteiger partial charge is 0.239 e. The molecular formula is C30H30N2O2. The summed E-state index contributed by atoms with van der Waals surface area (Å²) in [6.45, 7) is 0.686. The van der Waals surface area contributed by atoms with Crippen LogP contribution >= 0.6 is 0 Å². The highest BCUT2D eigenvalue weighted by molar-refractivity contribution is 5.82. The highest BCUT2D eigenvalue weighted by Crippen LogP contribution is 2.37. The lowest BCUT2D eigenvalue weighted by Crippen LogP contribution is -2.56. The molecule has 0 aliphatic carbocycles. The van der Waals surface area contributed by atoms with Gasteiger partial charge in [-0.3, -0.25) is 10.1 Å².